The minimum Gasteiger partial charge on any atom is -0.368 e. The van der Waals surface area contributed by atoms with Crippen molar-refractivity contribution in [1.82, 2.24) is 4.90 Å². The van der Waals surface area contributed by atoms with E-state index in [1.54, 1.807) is 0 Å². The summed E-state index contributed by atoms with van der Waals surface area (Å²) in [5, 5.41) is 4.81. The molecule has 0 unspecified atom stereocenters. The van der Waals surface area contributed by atoms with Gasteiger partial charge in [0.2, 0.25) is 0 Å². The number of carbonyl (C=O) groups is 2. The number of benzene rings is 2. The Bertz CT molecular complexity index is 990. The minimum atomic E-state index is -0.0863. The second-order valence-electron chi connectivity index (χ2n) is 7.31. The van der Waals surface area contributed by atoms with Gasteiger partial charge in [-0.05, 0) is 59.8 Å². The number of nitrogens with zero attached hydrogens (tertiary/aromatic N) is 2. The van der Waals surface area contributed by atoms with Crippen molar-refractivity contribution in [3.63, 3.8) is 0 Å². The predicted octanol–water partition coefficient (Wildman–Crippen LogP) is 4.53. The van der Waals surface area contributed by atoms with Crippen molar-refractivity contribution >= 4 is 34.5 Å². The van der Waals surface area contributed by atoms with Crippen LogP contribution in [0.2, 0.25) is 0 Å². The smallest absolute Gasteiger partial charge is 0.265 e. The molecular formula is C24H25N3O2S. The lowest BCUT2D eigenvalue weighted by Gasteiger charge is -2.36. The highest BCUT2D eigenvalue weighted by atomic mass is 32.1. The number of carbonyl (C=O) groups excluding carboxylic acids is 2. The van der Waals surface area contributed by atoms with Crippen molar-refractivity contribution in [2.45, 2.75) is 13.3 Å². The van der Waals surface area contributed by atoms with E-state index in [2.05, 4.69) is 17.1 Å². The van der Waals surface area contributed by atoms with E-state index in [9.17, 15) is 9.59 Å². The maximum Gasteiger partial charge on any atom is 0.265 e. The zero-order valence-electron chi connectivity index (χ0n) is 17.0. The Balaban J connectivity index is 1.32. The molecule has 2 heterocycles. The number of hydrogen-bond donors (Lipinski definition) is 1. The number of thiophene rings is 1. The second-order valence-corrected chi connectivity index (χ2v) is 8.26. The molecule has 0 saturated carbocycles. The largest absolute Gasteiger partial charge is 0.368 e. The van der Waals surface area contributed by atoms with Crippen molar-refractivity contribution in [3.05, 3.63) is 82.0 Å². The Labute approximate surface area is 180 Å². The first-order valence-corrected chi connectivity index (χ1v) is 11.1. The second kappa shape index (κ2) is 9.13. The van der Waals surface area contributed by atoms with Crippen molar-refractivity contribution in [3.8, 4) is 0 Å². The van der Waals surface area contributed by atoms with Crippen LogP contribution in [0.15, 0.2) is 66.0 Å². The van der Waals surface area contributed by atoms with Crippen molar-refractivity contribution in [2.75, 3.05) is 36.4 Å². The highest BCUT2D eigenvalue weighted by molar-refractivity contribution is 7.12. The Hall–Kier alpha value is -3.12. The molecule has 0 bridgehead atoms. The van der Waals surface area contributed by atoms with E-state index in [-0.39, 0.29) is 11.8 Å². The highest BCUT2D eigenvalue weighted by Crippen LogP contribution is 2.21. The number of amides is 2. The lowest BCUT2D eigenvalue weighted by atomic mass is 10.1. The number of rotatable bonds is 5. The lowest BCUT2D eigenvalue weighted by molar-refractivity contribution is 0.0746. The van der Waals surface area contributed by atoms with Crippen LogP contribution in [-0.2, 0) is 6.42 Å². The fourth-order valence-electron chi connectivity index (χ4n) is 3.59. The van der Waals surface area contributed by atoms with Crippen LogP contribution in [0.25, 0.3) is 0 Å². The van der Waals surface area contributed by atoms with Crippen LogP contribution in [0.5, 0.6) is 0 Å². The van der Waals surface area contributed by atoms with Crippen LogP contribution in [0.4, 0.5) is 11.4 Å². The molecule has 0 spiro atoms. The zero-order chi connectivity index (χ0) is 20.9. The van der Waals surface area contributed by atoms with Crippen LogP contribution < -0.4 is 10.2 Å². The van der Waals surface area contributed by atoms with Crippen LogP contribution >= 0.6 is 11.3 Å². The Morgan fingerprint density at radius 3 is 2.23 bits per heavy atom. The summed E-state index contributed by atoms with van der Waals surface area (Å²) < 4.78 is 0. The van der Waals surface area contributed by atoms with Gasteiger partial charge in [0.05, 0.1) is 4.88 Å². The van der Waals surface area contributed by atoms with Gasteiger partial charge in [-0.1, -0.05) is 25.1 Å². The summed E-state index contributed by atoms with van der Waals surface area (Å²) in [6, 6.07) is 19.5. The van der Waals surface area contributed by atoms with Gasteiger partial charge in [-0.3, -0.25) is 9.59 Å². The standard InChI is InChI=1S/C24H25N3O2S/c1-2-18-5-7-19(8-6-18)24(29)27-15-13-26(14-16-27)21-11-9-20(10-12-21)25-23(28)22-4-3-17-30-22/h3-12,17H,2,13-16H2,1H3,(H,25,28). The van der Waals surface area contributed by atoms with Gasteiger partial charge in [0.15, 0.2) is 0 Å². The average Bonchev–Trinajstić information content (AvgIpc) is 3.35. The summed E-state index contributed by atoms with van der Waals surface area (Å²) in [5.74, 6) is 0.0146. The molecule has 3 aromatic rings. The molecule has 1 saturated heterocycles. The Morgan fingerprint density at radius 1 is 0.933 bits per heavy atom. The molecule has 2 amide bonds. The Morgan fingerprint density at radius 2 is 1.63 bits per heavy atom. The monoisotopic (exact) mass is 419 g/mol. The fraction of sp³-hybridized carbons (Fsp3) is 0.250. The topological polar surface area (TPSA) is 52.7 Å². The van der Waals surface area contributed by atoms with Gasteiger partial charge in [-0.25, -0.2) is 0 Å². The molecule has 154 valence electrons. The molecular weight excluding hydrogens is 394 g/mol. The van der Waals surface area contributed by atoms with E-state index >= 15 is 0 Å². The number of anilines is 2. The molecule has 1 fully saturated rings. The molecule has 0 aliphatic carbocycles. The van der Waals surface area contributed by atoms with E-state index in [1.165, 1.54) is 16.9 Å². The SMILES string of the molecule is CCc1ccc(C(=O)N2CCN(c3ccc(NC(=O)c4cccs4)cc3)CC2)cc1. The molecule has 0 radical (unpaired) electrons. The number of piperazine rings is 1. The Kier molecular flexibility index (Phi) is 6.14. The summed E-state index contributed by atoms with van der Waals surface area (Å²) in [6.45, 7) is 5.09. The van der Waals surface area contributed by atoms with Crippen molar-refractivity contribution in [2.24, 2.45) is 0 Å². The predicted molar refractivity (Wildman–Crippen MR) is 123 cm³/mol. The highest BCUT2D eigenvalue weighted by Gasteiger charge is 2.22. The van der Waals surface area contributed by atoms with E-state index < -0.39 is 0 Å². The van der Waals surface area contributed by atoms with Gasteiger partial charge in [-0.2, -0.15) is 0 Å². The molecule has 0 atom stereocenters. The molecule has 4 rings (SSSR count). The van der Waals surface area contributed by atoms with E-state index in [4.69, 9.17) is 0 Å². The van der Waals surface area contributed by atoms with Crippen LogP contribution in [0.1, 0.15) is 32.5 Å². The molecule has 1 N–H and O–H groups in total. The van der Waals surface area contributed by atoms with Crippen molar-refractivity contribution < 1.29 is 9.59 Å². The molecule has 1 aliphatic heterocycles. The fourth-order valence-corrected chi connectivity index (χ4v) is 4.21. The summed E-state index contributed by atoms with van der Waals surface area (Å²) in [7, 11) is 0. The minimum absolute atomic E-state index is 0.0863. The van der Waals surface area contributed by atoms with Gasteiger partial charge in [-0.15, -0.1) is 11.3 Å². The summed E-state index contributed by atoms with van der Waals surface area (Å²) in [5.41, 5.74) is 3.88. The lowest BCUT2D eigenvalue weighted by Crippen LogP contribution is -2.48. The maximum absolute atomic E-state index is 12.8. The van der Waals surface area contributed by atoms with Crippen molar-refractivity contribution in [1.29, 1.82) is 0 Å². The molecule has 30 heavy (non-hydrogen) atoms. The van der Waals surface area contributed by atoms with Gasteiger partial charge in [0.25, 0.3) is 11.8 Å². The van der Waals surface area contributed by atoms with Gasteiger partial charge >= 0.3 is 0 Å². The molecule has 1 aliphatic rings. The normalized spacial score (nSPS) is 13.9. The summed E-state index contributed by atoms with van der Waals surface area (Å²) >= 11 is 1.43. The quantitative estimate of drug-likeness (QED) is 0.661. The number of hydrogen-bond acceptors (Lipinski definition) is 4. The molecule has 1 aromatic heterocycles. The number of nitrogens with one attached hydrogen (secondary N) is 1. The van der Waals surface area contributed by atoms with Gasteiger partial charge in [0, 0.05) is 43.1 Å². The van der Waals surface area contributed by atoms with E-state index in [0.29, 0.717) is 18.0 Å². The number of aryl methyl sites for hydroxylation is 1. The van der Waals surface area contributed by atoms with Crippen LogP contribution in [0, 0.1) is 0 Å². The zero-order valence-corrected chi connectivity index (χ0v) is 17.8. The van der Waals surface area contributed by atoms with E-state index in [1.807, 2.05) is 70.9 Å². The van der Waals surface area contributed by atoms with Gasteiger partial charge in [0.1, 0.15) is 0 Å². The first kappa shape index (κ1) is 20.2. The van der Waals surface area contributed by atoms with Crippen LogP contribution in [-0.4, -0.2) is 42.9 Å². The average molecular weight is 420 g/mol. The first-order chi connectivity index (χ1) is 14.6. The molecule has 5 nitrogen and oxygen atoms in total. The third kappa shape index (κ3) is 4.54. The van der Waals surface area contributed by atoms with Gasteiger partial charge < -0.3 is 15.1 Å². The van der Waals surface area contributed by atoms with Crippen LogP contribution in [0.3, 0.4) is 0 Å². The third-order valence-electron chi connectivity index (χ3n) is 5.41. The van der Waals surface area contributed by atoms with E-state index in [0.717, 1.165) is 36.4 Å². The molecule has 2 aromatic carbocycles. The molecule has 6 heteroatoms. The first-order valence-electron chi connectivity index (χ1n) is 10.2. The maximum atomic E-state index is 12.8. The summed E-state index contributed by atoms with van der Waals surface area (Å²) in [4.78, 5) is 29.8. The third-order valence-corrected chi connectivity index (χ3v) is 6.28. The summed E-state index contributed by atoms with van der Waals surface area (Å²) in [6.07, 6.45) is 0.976.